The molecule has 1 fully saturated rings. The highest BCUT2D eigenvalue weighted by molar-refractivity contribution is 5.79. The van der Waals surface area contributed by atoms with Crippen molar-refractivity contribution < 1.29 is 9.90 Å². The van der Waals surface area contributed by atoms with Gasteiger partial charge in [-0.05, 0) is 35.6 Å². The molecule has 0 spiro atoms. The van der Waals surface area contributed by atoms with Gasteiger partial charge in [-0.15, -0.1) is 10.2 Å². The minimum atomic E-state index is 0.0417. The highest BCUT2D eigenvalue weighted by atomic mass is 16.2. The molecule has 1 aliphatic heterocycles. The van der Waals surface area contributed by atoms with Crippen LogP contribution in [0.15, 0.2) is 36.4 Å². The molecule has 1 aromatic carbocycles. The lowest BCUT2D eigenvalue weighted by molar-refractivity contribution is -0.121. The Kier molecular flexibility index (Phi) is 7.90. The number of aliphatic hydroxyl groups excluding tert-OH is 1. The van der Waals surface area contributed by atoms with Crippen LogP contribution in [0.4, 0.5) is 5.82 Å². The van der Waals surface area contributed by atoms with Gasteiger partial charge in [0.15, 0.2) is 11.5 Å². The van der Waals surface area contributed by atoms with E-state index in [-0.39, 0.29) is 11.9 Å². The van der Waals surface area contributed by atoms with E-state index in [9.17, 15) is 4.79 Å². The van der Waals surface area contributed by atoms with Crippen LogP contribution in [-0.2, 0) is 11.2 Å². The summed E-state index contributed by atoms with van der Waals surface area (Å²) in [4.78, 5) is 14.4. The van der Waals surface area contributed by atoms with E-state index in [2.05, 4.69) is 46.4 Å². The van der Waals surface area contributed by atoms with Gasteiger partial charge >= 0.3 is 0 Å². The van der Waals surface area contributed by atoms with E-state index in [0.717, 1.165) is 31.5 Å². The number of aromatic nitrogens is 2. The minimum absolute atomic E-state index is 0.0417. The molecule has 28 heavy (non-hydrogen) atoms. The fourth-order valence-electron chi connectivity index (χ4n) is 3.12. The third-order valence-corrected chi connectivity index (χ3v) is 4.65. The van der Waals surface area contributed by atoms with Crippen LogP contribution in [0.3, 0.4) is 0 Å². The zero-order valence-corrected chi connectivity index (χ0v) is 16.6. The van der Waals surface area contributed by atoms with E-state index in [1.165, 1.54) is 5.56 Å². The average molecular weight is 381 g/mol. The van der Waals surface area contributed by atoms with Gasteiger partial charge in [0, 0.05) is 26.2 Å². The van der Waals surface area contributed by atoms with Gasteiger partial charge in [-0.2, -0.15) is 5.26 Å². The highest BCUT2D eigenvalue weighted by Gasteiger charge is 2.25. The maximum atomic E-state index is 12.3. The van der Waals surface area contributed by atoms with E-state index in [1.807, 2.05) is 18.2 Å². The lowest BCUT2D eigenvalue weighted by Gasteiger charge is -2.17. The second kappa shape index (κ2) is 10.4. The summed E-state index contributed by atoms with van der Waals surface area (Å²) in [5, 5.41) is 26.8. The first-order valence-electron chi connectivity index (χ1n) is 9.37. The van der Waals surface area contributed by atoms with Gasteiger partial charge in [0.05, 0.1) is 6.42 Å². The quantitative estimate of drug-likeness (QED) is 0.821. The minimum Gasteiger partial charge on any atom is -0.400 e. The van der Waals surface area contributed by atoms with Crippen molar-refractivity contribution in [1.82, 2.24) is 15.5 Å². The third kappa shape index (κ3) is 5.76. The van der Waals surface area contributed by atoms with Crippen LogP contribution in [0, 0.1) is 11.3 Å². The molecule has 3 rings (SSSR count). The molecule has 7 heteroatoms. The van der Waals surface area contributed by atoms with Crippen LogP contribution >= 0.6 is 0 Å². The summed E-state index contributed by atoms with van der Waals surface area (Å²) in [6, 6.07) is 13.8. The normalized spacial score (nSPS) is 15.6. The molecule has 2 aromatic rings. The first-order chi connectivity index (χ1) is 13.5. The SMILES string of the molecule is CC(C)c1ccc(CC(=O)NC2CCN(c3ccc(C#N)nn3)C2)cc1.CO. The summed E-state index contributed by atoms with van der Waals surface area (Å²) < 4.78 is 0. The van der Waals surface area contributed by atoms with Gasteiger partial charge in [0.1, 0.15) is 6.07 Å². The molecule has 1 amide bonds. The van der Waals surface area contributed by atoms with Crippen LogP contribution in [0.2, 0.25) is 0 Å². The number of amides is 1. The van der Waals surface area contributed by atoms with Crippen molar-refractivity contribution in [2.75, 3.05) is 25.1 Å². The number of benzene rings is 1. The lowest BCUT2D eigenvalue weighted by atomic mass is 10.0. The summed E-state index contributed by atoms with van der Waals surface area (Å²) in [6.45, 7) is 5.84. The summed E-state index contributed by atoms with van der Waals surface area (Å²) in [7, 11) is 1.00. The molecule has 0 radical (unpaired) electrons. The Hall–Kier alpha value is -2.98. The number of rotatable bonds is 5. The van der Waals surface area contributed by atoms with E-state index in [1.54, 1.807) is 12.1 Å². The molecular formula is C21H27N5O2. The van der Waals surface area contributed by atoms with Gasteiger partial charge in [-0.3, -0.25) is 4.79 Å². The van der Waals surface area contributed by atoms with E-state index in [0.29, 0.717) is 24.6 Å². The second-order valence-corrected chi connectivity index (χ2v) is 6.96. The maximum absolute atomic E-state index is 12.3. The number of aliphatic hydroxyl groups is 1. The Bertz CT molecular complexity index is 797. The molecule has 0 bridgehead atoms. The first kappa shape index (κ1) is 21.3. The Labute approximate surface area is 166 Å². The largest absolute Gasteiger partial charge is 0.400 e. The number of hydrogen-bond donors (Lipinski definition) is 2. The predicted octanol–water partition coefficient (Wildman–Crippen LogP) is 2.02. The zero-order chi connectivity index (χ0) is 20.5. The molecule has 2 N–H and O–H groups in total. The molecule has 1 atom stereocenters. The van der Waals surface area contributed by atoms with Gasteiger partial charge in [-0.1, -0.05) is 38.1 Å². The maximum Gasteiger partial charge on any atom is 0.224 e. The molecule has 1 saturated heterocycles. The van der Waals surface area contributed by atoms with Crippen LogP contribution in [0.5, 0.6) is 0 Å². The summed E-state index contributed by atoms with van der Waals surface area (Å²) in [5.74, 6) is 1.28. The number of nitrogens with zero attached hydrogens (tertiary/aromatic N) is 4. The number of nitrogens with one attached hydrogen (secondary N) is 1. The van der Waals surface area contributed by atoms with Crippen molar-refractivity contribution in [2.24, 2.45) is 0 Å². The van der Waals surface area contributed by atoms with Gasteiger partial charge in [0.25, 0.3) is 0 Å². The standard InChI is InChI=1S/C20H23N5O.CH4O/c1-14(2)16-5-3-15(4-6-16)11-20(26)22-18-9-10-25(13-18)19-8-7-17(12-21)23-24-19;1-2/h3-8,14,18H,9-11,13H2,1-2H3,(H,22,26);2H,1H3. The smallest absolute Gasteiger partial charge is 0.224 e. The predicted molar refractivity (Wildman–Crippen MR) is 108 cm³/mol. The summed E-state index contributed by atoms with van der Waals surface area (Å²) in [6.07, 6.45) is 1.27. The van der Waals surface area contributed by atoms with Crippen molar-refractivity contribution in [3.63, 3.8) is 0 Å². The fourth-order valence-corrected chi connectivity index (χ4v) is 3.12. The molecule has 0 aliphatic carbocycles. The summed E-state index contributed by atoms with van der Waals surface area (Å²) in [5.41, 5.74) is 2.62. The molecule has 7 nitrogen and oxygen atoms in total. The number of anilines is 1. The second-order valence-electron chi connectivity index (χ2n) is 6.96. The van der Waals surface area contributed by atoms with Crippen LogP contribution in [-0.4, -0.2) is 47.5 Å². The van der Waals surface area contributed by atoms with Gasteiger partial charge in [-0.25, -0.2) is 0 Å². The Morgan fingerprint density at radius 1 is 1.25 bits per heavy atom. The number of hydrogen-bond acceptors (Lipinski definition) is 6. The molecule has 2 heterocycles. The number of carbonyl (C=O) groups is 1. The topological polar surface area (TPSA) is 102 Å². The van der Waals surface area contributed by atoms with Crippen molar-refractivity contribution in [3.8, 4) is 6.07 Å². The molecule has 1 unspecified atom stereocenters. The van der Waals surface area contributed by atoms with Crippen molar-refractivity contribution >= 4 is 11.7 Å². The zero-order valence-electron chi connectivity index (χ0n) is 16.6. The molecule has 0 saturated carbocycles. The van der Waals surface area contributed by atoms with E-state index in [4.69, 9.17) is 10.4 Å². The first-order valence-corrected chi connectivity index (χ1v) is 9.37. The van der Waals surface area contributed by atoms with Crippen LogP contribution in [0.25, 0.3) is 0 Å². The van der Waals surface area contributed by atoms with Crippen molar-refractivity contribution in [1.29, 1.82) is 5.26 Å². The molecule has 1 aromatic heterocycles. The number of nitriles is 1. The van der Waals surface area contributed by atoms with Crippen molar-refractivity contribution in [3.05, 3.63) is 53.2 Å². The Balaban J connectivity index is 0.00000136. The summed E-state index contributed by atoms with van der Waals surface area (Å²) >= 11 is 0. The van der Waals surface area contributed by atoms with E-state index < -0.39 is 0 Å². The molecule has 148 valence electrons. The monoisotopic (exact) mass is 381 g/mol. The highest BCUT2D eigenvalue weighted by Crippen LogP contribution is 2.18. The fraction of sp³-hybridized carbons (Fsp3) is 0.429. The lowest BCUT2D eigenvalue weighted by Crippen LogP contribution is -2.38. The molecular weight excluding hydrogens is 354 g/mol. The van der Waals surface area contributed by atoms with Crippen molar-refractivity contribution in [2.45, 2.75) is 38.6 Å². The van der Waals surface area contributed by atoms with Crippen LogP contribution in [0.1, 0.15) is 43.0 Å². The Morgan fingerprint density at radius 2 is 1.96 bits per heavy atom. The molecule has 1 aliphatic rings. The Morgan fingerprint density at radius 3 is 2.54 bits per heavy atom. The third-order valence-electron chi connectivity index (χ3n) is 4.65. The van der Waals surface area contributed by atoms with Gasteiger partial charge in [0.2, 0.25) is 5.91 Å². The van der Waals surface area contributed by atoms with E-state index >= 15 is 0 Å². The number of carbonyl (C=O) groups excluding carboxylic acids is 1. The van der Waals surface area contributed by atoms with Crippen LogP contribution < -0.4 is 10.2 Å². The average Bonchev–Trinajstić information content (AvgIpc) is 3.18. The van der Waals surface area contributed by atoms with Gasteiger partial charge < -0.3 is 15.3 Å².